The second-order valence-corrected chi connectivity index (χ2v) is 6.29. The zero-order valence-electron chi connectivity index (χ0n) is 14.7. The zero-order valence-corrected chi connectivity index (χ0v) is 14.7. The van der Waals surface area contributed by atoms with E-state index in [-0.39, 0.29) is 18.1 Å². The lowest BCUT2D eigenvalue weighted by atomic mass is 10.1. The third-order valence-corrected chi connectivity index (χ3v) is 4.34. The number of hydrogen-bond donors (Lipinski definition) is 2. The number of unbranched alkanes of at least 4 members (excludes halogenated alkanes) is 1. The minimum atomic E-state index is -0.698. The van der Waals surface area contributed by atoms with E-state index >= 15 is 0 Å². The van der Waals surface area contributed by atoms with E-state index in [1.165, 1.54) is 0 Å². The Morgan fingerprint density at radius 1 is 1.42 bits per heavy atom. The third-order valence-electron chi connectivity index (χ3n) is 4.34. The highest BCUT2D eigenvalue weighted by Crippen LogP contribution is 2.17. The molecule has 3 atom stereocenters. The van der Waals surface area contributed by atoms with Crippen LogP contribution in [0.5, 0.6) is 5.75 Å². The molecule has 1 amide bonds. The molecular weight excluding hydrogens is 308 g/mol. The molecule has 1 aliphatic rings. The van der Waals surface area contributed by atoms with Gasteiger partial charge in [0.05, 0.1) is 25.9 Å². The molecule has 0 spiro atoms. The van der Waals surface area contributed by atoms with E-state index in [0.29, 0.717) is 24.5 Å². The number of aliphatic hydroxyl groups excluding tert-OH is 1. The van der Waals surface area contributed by atoms with Crippen LogP contribution in [0, 0.1) is 0 Å². The number of ether oxygens (including phenoxy) is 2. The Labute approximate surface area is 143 Å². The lowest BCUT2D eigenvalue weighted by Crippen LogP contribution is -2.46. The van der Waals surface area contributed by atoms with Crippen molar-refractivity contribution in [2.45, 2.75) is 38.0 Å². The first-order valence-electron chi connectivity index (χ1n) is 8.48. The Hall–Kier alpha value is -1.63. The summed E-state index contributed by atoms with van der Waals surface area (Å²) in [7, 11) is 3.61. The molecule has 0 radical (unpaired) electrons. The van der Waals surface area contributed by atoms with Crippen LogP contribution in [0.15, 0.2) is 24.3 Å². The Bertz CT molecular complexity index is 520. The SMILES string of the molecule is CCCCN(C)CC1OCC(NC(=O)c2ccc(OC)cc2)C1O. The highest BCUT2D eigenvalue weighted by Gasteiger charge is 2.37. The normalized spacial score (nSPS) is 23.5. The van der Waals surface area contributed by atoms with Gasteiger partial charge in [0.1, 0.15) is 11.9 Å². The Balaban J connectivity index is 1.85. The molecule has 1 aromatic rings. The average molecular weight is 336 g/mol. The van der Waals surface area contributed by atoms with Crippen molar-refractivity contribution in [2.75, 3.05) is 33.9 Å². The molecule has 24 heavy (non-hydrogen) atoms. The summed E-state index contributed by atoms with van der Waals surface area (Å²) in [5.74, 6) is 0.483. The van der Waals surface area contributed by atoms with Crippen LogP contribution in [0.4, 0.5) is 0 Å². The number of amides is 1. The number of aliphatic hydroxyl groups is 1. The van der Waals surface area contributed by atoms with Gasteiger partial charge in [-0.05, 0) is 44.3 Å². The van der Waals surface area contributed by atoms with Gasteiger partial charge in [-0.15, -0.1) is 0 Å². The molecule has 2 N–H and O–H groups in total. The monoisotopic (exact) mass is 336 g/mol. The van der Waals surface area contributed by atoms with Crippen LogP contribution in [-0.2, 0) is 4.74 Å². The summed E-state index contributed by atoms with van der Waals surface area (Å²) < 4.78 is 10.8. The number of hydrogen-bond acceptors (Lipinski definition) is 5. The lowest BCUT2D eigenvalue weighted by molar-refractivity contribution is 0.0199. The molecule has 2 rings (SSSR count). The predicted molar refractivity (Wildman–Crippen MR) is 92.4 cm³/mol. The molecule has 1 saturated heterocycles. The maximum Gasteiger partial charge on any atom is 0.251 e. The molecule has 1 heterocycles. The van der Waals surface area contributed by atoms with Gasteiger partial charge in [-0.2, -0.15) is 0 Å². The Morgan fingerprint density at radius 2 is 2.12 bits per heavy atom. The van der Waals surface area contributed by atoms with Gasteiger partial charge in [0.2, 0.25) is 0 Å². The van der Waals surface area contributed by atoms with E-state index in [9.17, 15) is 9.90 Å². The predicted octanol–water partition coefficient (Wildman–Crippen LogP) is 1.29. The number of carbonyl (C=O) groups excluding carboxylic acids is 1. The smallest absolute Gasteiger partial charge is 0.251 e. The van der Waals surface area contributed by atoms with Gasteiger partial charge in [-0.25, -0.2) is 0 Å². The third kappa shape index (κ3) is 4.93. The summed E-state index contributed by atoms with van der Waals surface area (Å²) in [6, 6.07) is 6.49. The Morgan fingerprint density at radius 3 is 2.75 bits per heavy atom. The van der Waals surface area contributed by atoms with Crippen LogP contribution >= 0.6 is 0 Å². The van der Waals surface area contributed by atoms with Crippen LogP contribution < -0.4 is 10.1 Å². The van der Waals surface area contributed by atoms with Crippen molar-refractivity contribution >= 4 is 5.91 Å². The zero-order chi connectivity index (χ0) is 17.5. The fourth-order valence-corrected chi connectivity index (χ4v) is 2.79. The summed E-state index contributed by atoms with van der Waals surface area (Å²) in [6.07, 6.45) is 1.29. The van der Waals surface area contributed by atoms with Gasteiger partial charge in [-0.1, -0.05) is 13.3 Å². The minimum Gasteiger partial charge on any atom is -0.497 e. The van der Waals surface area contributed by atoms with Crippen LogP contribution in [0.25, 0.3) is 0 Å². The van der Waals surface area contributed by atoms with Crippen molar-refractivity contribution in [1.82, 2.24) is 10.2 Å². The number of likely N-dealkylation sites (N-methyl/N-ethyl adjacent to an activating group) is 1. The van der Waals surface area contributed by atoms with Crippen molar-refractivity contribution in [3.05, 3.63) is 29.8 Å². The average Bonchev–Trinajstić information content (AvgIpc) is 2.93. The van der Waals surface area contributed by atoms with Gasteiger partial charge in [0.25, 0.3) is 5.91 Å². The second kappa shape index (κ2) is 9.01. The van der Waals surface area contributed by atoms with Crippen LogP contribution in [0.2, 0.25) is 0 Å². The maximum absolute atomic E-state index is 12.3. The molecule has 0 aliphatic carbocycles. The topological polar surface area (TPSA) is 71.0 Å². The highest BCUT2D eigenvalue weighted by atomic mass is 16.5. The number of methoxy groups -OCH3 is 1. The highest BCUT2D eigenvalue weighted by molar-refractivity contribution is 5.94. The van der Waals surface area contributed by atoms with E-state index in [1.807, 2.05) is 7.05 Å². The first-order valence-corrected chi connectivity index (χ1v) is 8.48. The largest absolute Gasteiger partial charge is 0.497 e. The number of nitrogens with zero attached hydrogens (tertiary/aromatic N) is 1. The Kier molecular flexibility index (Phi) is 7.02. The van der Waals surface area contributed by atoms with Gasteiger partial charge >= 0.3 is 0 Å². The van der Waals surface area contributed by atoms with Crippen molar-refractivity contribution in [3.8, 4) is 5.75 Å². The van der Waals surface area contributed by atoms with Crippen LogP contribution in [-0.4, -0.2) is 68.0 Å². The minimum absolute atomic E-state index is 0.217. The molecular formula is C18H28N2O4. The van der Waals surface area contributed by atoms with E-state index in [1.54, 1.807) is 31.4 Å². The maximum atomic E-state index is 12.3. The molecule has 3 unspecified atom stereocenters. The number of rotatable bonds is 8. The first kappa shape index (κ1) is 18.7. The van der Waals surface area contributed by atoms with E-state index in [0.717, 1.165) is 19.4 Å². The molecule has 0 saturated carbocycles. The fraction of sp³-hybridized carbons (Fsp3) is 0.611. The molecule has 0 aromatic heterocycles. The van der Waals surface area contributed by atoms with Gasteiger partial charge in [0.15, 0.2) is 0 Å². The van der Waals surface area contributed by atoms with Crippen molar-refractivity contribution in [3.63, 3.8) is 0 Å². The molecule has 6 nitrogen and oxygen atoms in total. The summed E-state index contributed by atoms with van der Waals surface area (Å²) in [6.45, 7) is 4.12. The van der Waals surface area contributed by atoms with E-state index in [2.05, 4.69) is 17.1 Å². The number of nitrogens with one attached hydrogen (secondary N) is 1. The van der Waals surface area contributed by atoms with Crippen molar-refractivity contribution in [1.29, 1.82) is 0 Å². The van der Waals surface area contributed by atoms with Crippen molar-refractivity contribution in [2.24, 2.45) is 0 Å². The van der Waals surface area contributed by atoms with Gasteiger partial charge < -0.3 is 24.8 Å². The molecule has 6 heteroatoms. The summed E-state index contributed by atoms with van der Waals surface area (Å²) in [5.41, 5.74) is 0.534. The fourth-order valence-electron chi connectivity index (χ4n) is 2.79. The van der Waals surface area contributed by atoms with Crippen molar-refractivity contribution < 1.29 is 19.4 Å². The van der Waals surface area contributed by atoms with Crippen LogP contribution in [0.1, 0.15) is 30.1 Å². The second-order valence-electron chi connectivity index (χ2n) is 6.29. The molecule has 134 valence electrons. The van der Waals surface area contributed by atoms with Crippen LogP contribution in [0.3, 0.4) is 0 Å². The number of benzene rings is 1. The molecule has 0 bridgehead atoms. The van der Waals surface area contributed by atoms with E-state index in [4.69, 9.17) is 9.47 Å². The summed E-state index contributed by atoms with van der Waals surface area (Å²) in [5, 5.41) is 13.3. The van der Waals surface area contributed by atoms with Gasteiger partial charge in [-0.3, -0.25) is 4.79 Å². The number of carbonyl (C=O) groups is 1. The molecule has 1 aliphatic heterocycles. The summed E-state index contributed by atoms with van der Waals surface area (Å²) in [4.78, 5) is 14.4. The lowest BCUT2D eigenvalue weighted by Gasteiger charge is -2.23. The summed E-state index contributed by atoms with van der Waals surface area (Å²) >= 11 is 0. The quantitative estimate of drug-likeness (QED) is 0.748. The molecule has 1 aromatic carbocycles. The van der Waals surface area contributed by atoms with Gasteiger partial charge in [0, 0.05) is 12.1 Å². The van der Waals surface area contributed by atoms with E-state index < -0.39 is 6.10 Å². The molecule has 1 fully saturated rings. The first-order chi connectivity index (χ1) is 11.5. The standard InChI is InChI=1S/C18H28N2O4/c1-4-5-10-20(2)11-16-17(21)15(12-24-16)19-18(22)13-6-8-14(23-3)9-7-13/h6-9,15-17,21H,4-5,10-12H2,1-3H3,(H,19,22).